The number of imidazole rings is 1. The Hall–Kier alpha value is -4.20. The fraction of sp³-hybridized carbons (Fsp3) is 0.167. The maximum absolute atomic E-state index is 15.2. The number of carbonyl (C=O) groups is 1. The van der Waals surface area contributed by atoms with Crippen molar-refractivity contribution in [2.75, 3.05) is 10.5 Å². The number of aromatic nitrogens is 5. The number of H-pyrrole nitrogens is 1. The number of nitrogens with one attached hydrogen (secondary N) is 2. The van der Waals surface area contributed by atoms with Crippen molar-refractivity contribution in [2.45, 2.75) is 19.5 Å². The van der Waals surface area contributed by atoms with Gasteiger partial charge in [0.15, 0.2) is 5.82 Å². The number of pyridine rings is 1. The van der Waals surface area contributed by atoms with Crippen LogP contribution in [0.25, 0.3) is 28.1 Å². The zero-order chi connectivity index (χ0) is 27.2. The molecule has 1 aromatic carbocycles. The number of aromatic amines is 1. The molecule has 0 saturated heterocycles. The number of rotatable bonds is 7. The van der Waals surface area contributed by atoms with Crippen LogP contribution in [0.5, 0.6) is 0 Å². The fourth-order valence-corrected chi connectivity index (χ4v) is 4.71. The minimum atomic E-state index is -4.64. The molecular weight excluding hydrogens is 531 g/mol. The van der Waals surface area contributed by atoms with E-state index < -0.39 is 45.8 Å². The standard InChI is InChI=1S/C24H17F5N6O2S/c1-2-7-38(37)34-16-4-3-15(25)19(20(16)26)21(36)14-10-31-22-13(14)8-12(9-30-22)17-11-35-6-5-18(24(27,28)29)33-23(35)32-17/h3-6,8-11,34H,2,7H2,1H3,(H,30,31). The van der Waals surface area contributed by atoms with E-state index in [0.717, 1.165) is 18.2 Å². The lowest BCUT2D eigenvalue weighted by Gasteiger charge is -2.10. The topological polar surface area (TPSA) is 105 Å². The van der Waals surface area contributed by atoms with Crippen LogP contribution < -0.4 is 4.72 Å². The number of fused-ring (bicyclic) bond motifs is 2. The lowest BCUT2D eigenvalue weighted by Crippen LogP contribution is -2.13. The summed E-state index contributed by atoms with van der Waals surface area (Å²) in [5.41, 5.74) is -1.54. The van der Waals surface area contributed by atoms with E-state index in [9.17, 15) is 26.6 Å². The molecule has 0 fully saturated rings. The SMILES string of the molecule is CCCS(=O)Nc1ccc(F)c(C(=O)c2c[nH]c3ncc(-c4cn5ccc(C(F)(F)F)nc5n4)cc23)c1F. The van der Waals surface area contributed by atoms with Gasteiger partial charge >= 0.3 is 6.18 Å². The summed E-state index contributed by atoms with van der Waals surface area (Å²) in [5, 5.41) is 0.209. The summed E-state index contributed by atoms with van der Waals surface area (Å²) in [7, 11) is -1.62. The van der Waals surface area contributed by atoms with Crippen LogP contribution in [0.1, 0.15) is 35.0 Å². The summed E-state index contributed by atoms with van der Waals surface area (Å²) in [6, 6.07) is 4.25. The summed E-state index contributed by atoms with van der Waals surface area (Å²) < 4.78 is 84.6. The molecule has 5 rings (SSSR count). The highest BCUT2D eigenvalue weighted by Crippen LogP contribution is 2.31. The van der Waals surface area contributed by atoms with Crippen LogP contribution in [-0.4, -0.2) is 40.1 Å². The first-order chi connectivity index (χ1) is 18.1. The second-order valence-corrected chi connectivity index (χ2v) is 9.53. The van der Waals surface area contributed by atoms with Gasteiger partial charge in [-0.3, -0.25) is 9.20 Å². The Kier molecular flexibility index (Phi) is 6.42. The van der Waals surface area contributed by atoms with Crippen LogP contribution >= 0.6 is 0 Å². The summed E-state index contributed by atoms with van der Waals surface area (Å²) >= 11 is 0. The van der Waals surface area contributed by atoms with E-state index in [-0.39, 0.29) is 39.5 Å². The van der Waals surface area contributed by atoms with Crippen molar-refractivity contribution >= 4 is 39.3 Å². The third-order valence-electron chi connectivity index (χ3n) is 5.62. The van der Waals surface area contributed by atoms with Crippen molar-refractivity contribution in [1.82, 2.24) is 24.3 Å². The van der Waals surface area contributed by atoms with Gasteiger partial charge < -0.3 is 9.71 Å². The minimum Gasteiger partial charge on any atom is -0.345 e. The lowest BCUT2D eigenvalue weighted by atomic mass is 10.0. The number of ketones is 1. The molecule has 0 radical (unpaired) electrons. The normalized spacial score (nSPS) is 12.8. The van der Waals surface area contributed by atoms with Gasteiger partial charge in [-0.1, -0.05) is 6.92 Å². The van der Waals surface area contributed by atoms with Gasteiger partial charge in [-0.25, -0.2) is 27.9 Å². The first-order valence-electron chi connectivity index (χ1n) is 11.1. The Morgan fingerprint density at radius 3 is 2.71 bits per heavy atom. The van der Waals surface area contributed by atoms with Crippen LogP contribution in [0.4, 0.5) is 27.6 Å². The van der Waals surface area contributed by atoms with Crippen molar-refractivity contribution in [2.24, 2.45) is 0 Å². The molecule has 1 unspecified atom stereocenters. The Morgan fingerprint density at radius 2 is 1.97 bits per heavy atom. The summed E-state index contributed by atoms with van der Waals surface area (Å²) in [6.45, 7) is 1.79. The second kappa shape index (κ2) is 9.59. The van der Waals surface area contributed by atoms with E-state index in [2.05, 4.69) is 24.7 Å². The average Bonchev–Trinajstić information content (AvgIpc) is 3.48. The predicted molar refractivity (Wildman–Crippen MR) is 130 cm³/mol. The average molecular weight is 548 g/mol. The molecule has 0 aliphatic carbocycles. The van der Waals surface area contributed by atoms with Crippen molar-refractivity contribution in [3.63, 3.8) is 0 Å². The molecule has 38 heavy (non-hydrogen) atoms. The molecule has 196 valence electrons. The number of alkyl halides is 3. The van der Waals surface area contributed by atoms with Crippen LogP contribution in [0.15, 0.2) is 49.1 Å². The molecule has 0 amide bonds. The van der Waals surface area contributed by atoms with E-state index >= 15 is 4.39 Å². The van der Waals surface area contributed by atoms with Gasteiger partial charge in [0.2, 0.25) is 11.6 Å². The van der Waals surface area contributed by atoms with E-state index in [1.54, 1.807) is 6.92 Å². The highest BCUT2D eigenvalue weighted by atomic mass is 32.2. The monoisotopic (exact) mass is 548 g/mol. The molecule has 5 aromatic rings. The maximum atomic E-state index is 15.2. The third kappa shape index (κ3) is 4.62. The van der Waals surface area contributed by atoms with Gasteiger partial charge in [0.05, 0.1) is 16.9 Å². The van der Waals surface area contributed by atoms with Crippen molar-refractivity contribution in [3.8, 4) is 11.3 Å². The highest BCUT2D eigenvalue weighted by molar-refractivity contribution is 7.86. The number of carbonyl (C=O) groups excluding carboxylic acids is 1. The molecule has 2 N–H and O–H groups in total. The molecule has 14 heteroatoms. The molecule has 4 aromatic heterocycles. The number of benzene rings is 1. The maximum Gasteiger partial charge on any atom is 0.433 e. The molecule has 1 atom stereocenters. The van der Waals surface area contributed by atoms with E-state index in [1.165, 1.54) is 35.3 Å². The molecule has 0 bridgehead atoms. The van der Waals surface area contributed by atoms with Crippen LogP contribution in [0.2, 0.25) is 0 Å². The first kappa shape index (κ1) is 25.4. The molecule has 0 saturated carbocycles. The van der Waals surface area contributed by atoms with Gasteiger partial charge in [0.25, 0.3) is 0 Å². The van der Waals surface area contributed by atoms with Crippen LogP contribution in [0, 0.1) is 11.6 Å². The van der Waals surface area contributed by atoms with Crippen LogP contribution in [0.3, 0.4) is 0 Å². The minimum absolute atomic E-state index is 0.0970. The Labute approximate surface area is 213 Å². The molecule has 0 aliphatic rings. The molecule has 0 aliphatic heterocycles. The molecule has 8 nitrogen and oxygen atoms in total. The zero-order valence-electron chi connectivity index (χ0n) is 19.4. The molecule has 0 spiro atoms. The lowest BCUT2D eigenvalue weighted by molar-refractivity contribution is -0.141. The summed E-state index contributed by atoms with van der Waals surface area (Å²) in [6.07, 6.45) is 1.15. The largest absolute Gasteiger partial charge is 0.433 e. The smallest absolute Gasteiger partial charge is 0.345 e. The van der Waals surface area contributed by atoms with Gasteiger partial charge in [-0.05, 0) is 30.7 Å². The highest BCUT2D eigenvalue weighted by Gasteiger charge is 2.33. The number of hydrogen-bond donors (Lipinski definition) is 2. The second-order valence-electron chi connectivity index (χ2n) is 8.23. The summed E-state index contributed by atoms with van der Waals surface area (Å²) in [4.78, 5) is 27.9. The quantitative estimate of drug-likeness (QED) is 0.213. The van der Waals surface area contributed by atoms with Crippen LogP contribution in [-0.2, 0) is 17.2 Å². The third-order valence-corrected chi connectivity index (χ3v) is 6.85. The van der Waals surface area contributed by atoms with E-state index in [4.69, 9.17) is 0 Å². The predicted octanol–water partition coefficient (Wildman–Crippen LogP) is 5.29. The van der Waals surface area contributed by atoms with Gasteiger partial charge in [-0.15, -0.1) is 0 Å². The Balaban J connectivity index is 1.54. The fourth-order valence-electron chi connectivity index (χ4n) is 3.83. The number of hydrogen-bond acceptors (Lipinski definition) is 5. The Morgan fingerprint density at radius 1 is 1.18 bits per heavy atom. The number of halogens is 5. The van der Waals surface area contributed by atoms with Gasteiger partial charge in [0, 0.05) is 47.1 Å². The zero-order valence-corrected chi connectivity index (χ0v) is 20.3. The first-order valence-corrected chi connectivity index (χ1v) is 12.5. The Bertz CT molecular complexity index is 1730. The van der Waals surface area contributed by atoms with Gasteiger partial charge in [-0.2, -0.15) is 13.2 Å². The number of anilines is 1. The summed E-state index contributed by atoms with van der Waals surface area (Å²) in [5.74, 6) is -3.25. The molecule has 4 heterocycles. The number of nitrogens with zero attached hydrogens (tertiary/aromatic N) is 4. The van der Waals surface area contributed by atoms with E-state index in [1.807, 2.05) is 0 Å². The van der Waals surface area contributed by atoms with Crippen molar-refractivity contribution in [3.05, 3.63) is 77.5 Å². The van der Waals surface area contributed by atoms with Crippen molar-refractivity contribution < 1.29 is 31.0 Å². The van der Waals surface area contributed by atoms with Crippen molar-refractivity contribution in [1.29, 1.82) is 0 Å². The molecular formula is C24H17F5N6O2S. The van der Waals surface area contributed by atoms with Gasteiger partial charge in [0.1, 0.15) is 28.1 Å². The van der Waals surface area contributed by atoms with E-state index in [0.29, 0.717) is 12.0 Å².